The maximum atomic E-state index is 12.5. The fourth-order valence-corrected chi connectivity index (χ4v) is 5.81. The van der Waals surface area contributed by atoms with Gasteiger partial charge in [0.2, 0.25) is 0 Å². The zero-order valence-electron chi connectivity index (χ0n) is 15.2. The number of benzene rings is 1. The van der Waals surface area contributed by atoms with Gasteiger partial charge in [-0.15, -0.1) is 0 Å². The van der Waals surface area contributed by atoms with Crippen LogP contribution in [-0.4, -0.2) is 11.8 Å². The highest BCUT2D eigenvalue weighted by Gasteiger charge is 2.60. The van der Waals surface area contributed by atoms with Gasteiger partial charge in [-0.2, -0.15) is 0 Å². The van der Waals surface area contributed by atoms with E-state index < -0.39 is 5.54 Å². The Kier molecular flexibility index (Phi) is 3.85. The number of esters is 1. The van der Waals surface area contributed by atoms with Gasteiger partial charge < -0.3 is 4.74 Å². The van der Waals surface area contributed by atoms with E-state index in [1.165, 1.54) is 6.92 Å². The average Bonchev–Trinajstić information content (AvgIpc) is 2.90. The molecule has 0 amide bonds. The molecule has 0 N–H and O–H groups in total. The van der Waals surface area contributed by atoms with E-state index in [4.69, 9.17) is 4.74 Å². The molecule has 0 saturated heterocycles. The Morgan fingerprint density at radius 1 is 1.27 bits per heavy atom. The SMILES string of the molecule is CC(=O)Oc1ccc2c(c1)CC[C@H]1[C@@H]3CCC(=O)[C@@]3(C)CC[C@]21N=[N+]=[N-]. The van der Waals surface area contributed by atoms with Crippen molar-refractivity contribution in [2.45, 2.75) is 57.9 Å². The monoisotopic (exact) mass is 353 g/mol. The molecule has 0 radical (unpaired) electrons. The first-order valence-electron chi connectivity index (χ1n) is 9.32. The third-order valence-electron chi connectivity index (χ3n) is 7.01. The molecule has 0 aromatic heterocycles. The first-order valence-corrected chi connectivity index (χ1v) is 9.32. The molecule has 1 aromatic carbocycles. The van der Waals surface area contributed by atoms with E-state index in [1.807, 2.05) is 12.1 Å². The molecule has 3 aliphatic carbocycles. The van der Waals surface area contributed by atoms with Crippen LogP contribution in [0.2, 0.25) is 0 Å². The maximum Gasteiger partial charge on any atom is 0.308 e. The molecule has 2 fully saturated rings. The number of azide groups is 1. The lowest BCUT2D eigenvalue weighted by Gasteiger charge is -2.53. The summed E-state index contributed by atoms with van der Waals surface area (Å²) in [7, 11) is 0. The van der Waals surface area contributed by atoms with Crippen molar-refractivity contribution >= 4 is 11.8 Å². The molecular weight excluding hydrogens is 330 g/mol. The van der Waals surface area contributed by atoms with Crippen molar-refractivity contribution in [2.75, 3.05) is 0 Å². The number of rotatable bonds is 2. The zero-order chi connectivity index (χ0) is 18.5. The summed E-state index contributed by atoms with van der Waals surface area (Å²) >= 11 is 0. The van der Waals surface area contributed by atoms with Crippen LogP contribution in [0.3, 0.4) is 0 Å². The summed E-state index contributed by atoms with van der Waals surface area (Å²) in [6.45, 7) is 3.49. The van der Waals surface area contributed by atoms with Crippen LogP contribution in [-0.2, 0) is 21.5 Å². The Bertz CT molecular complexity index is 845. The van der Waals surface area contributed by atoms with Gasteiger partial charge in [0.15, 0.2) is 0 Å². The first kappa shape index (κ1) is 17.1. The van der Waals surface area contributed by atoms with Crippen molar-refractivity contribution in [3.63, 3.8) is 0 Å². The molecule has 0 unspecified atom stereocenters. The number of ketones is 1. The minimum atomic E-state index is -0.591. The van der Waals surface area contributed by atoms with Crippen LogP contribution >= 0.6 is 0 Å². The fourth-order valence-electron chi connectivity index (χ4n) is 5.81. The van der Waals surface area contributed by atoms with Crippen LogP contribution in [0.1, 0.15) is 57.1 Å². The third kappa shape index (κ3) is 2.28. The summed E-state index contributed by atoms with van der Waals surface area (Å²) in [6, 6.07) is 5.63. The van der Waals surface area contributed by atoms with Gasteiger partial charge >= 0.3 is 5.97 Å². The number of hydrogen-bond acceptors (Lipinski definition) is 4. The quantitative estimate of drug-likeness (QED) is 0.258. The molecule has 0 spiro atoms. The highest BCUT2D eigenvalue weighted by atomic mass is 16.5. The van der Waals surface area contributed by atoms with Gasteiger partial charge in [-0.1, -0.05) is 18.1 Å². The standard InChI is InChI=1S/C20H23N3O3/c1-12(24)26-14-4-6-15-13(11-14)3-5-17-16-7-8-18(25)19(16,2)9-10-20(15,17)22-23-21/h4,6,11,16-17H,3,5,7-10H2,1-2H3/t16-,17-,19-,20-/m0/s1. The molecular formula is C20H23N3O3. The number of nitrogens with zero attached hydrogens (tertiary/aromatic N) is 3. The lowest BCUT2D eigenvalue weighted by atomic mass is 9.52. The van der Waals surface area contributed by atoms with Crippen molar-refractivity contribution in [2.24, 2.45) is 22.4 Å². The van der Waals surface area contributed by atoms with E-state index >= 15 is 0 Å². The minimum Gasteiger partial charge on any atom is -0.427 e. The predicted molar refractivity (Wildman–Crippen MR) is 95.5 cm³/mol. The average molecular weight is 353 g/mol. The first-order chi connectivity index (χ1) is 12.4. The van der Waals surface area contributed by atoms with E-state index in [0.29, 0.717) is 24.4 Å². The van der Waals surface area contributed by atoms with E-state index in [0.717, 1.165) is 36.8 Å². The Morgan fingerprint density at radius 3 is 2.77 bits per heavy atom. The molecule has 0 aliphatic heterocycles. The number of carbonyl (C=O) groups excluding carboxylic acids is 2. The number of fused-ring (bicyclic) bond motifs is 5. The molecule has 6 nitrogen and oxygen atoms in total. The van der Waals surface area contributed by atoms with Crippen molar-refractivity contribution in [1.29, 1.82) is 0 Å². The van der Waals surface area contributed by atoms with E-state index in [9.17, 15) is 15.1 Å². The Balaban J connectivity index is 1.80. The topological polar surface area (TPSA) is 92.1 Å². The number of carbonyl (C=O) groups is 2. The van der Waals surface area contributed by atoms with Crippen molar-refractivity contribution in [3.05, 3.63) is 39.8 Å². The Hall–Kier alpha value is -2.33. The molecule has 136 valence electrons. The van der Waals surface area contributed by atoms with Crippen LogP contribution in [0.25, 0.3) is 10.4 Å². The smallest absolute Gasteiger partial charge is 0.308 e. The molecule has 0 bridgehead atoms. The highest BCUT2D eigenvalue weighted by Crippen LogP contribution is 2.62. The normalized spacial score (nSPS) is 34.9. The number of Topliss-reactive ketones (excluding diaryl/α,β-unsaturated/α-hetero) is 1. The van der Waals surface area contributed by atoms with Crippen LogP contribution in [0.4, 0.5) is 0 Å². The lowest BCUT2D eigenvalue weighted by molar-refractivity contribution is -0.132. The number of aryl methyl sites for hydroxylation is 1. The Morgan fingerprint density at radius 2 is 2.04 bits per heavy atom. The molecule has 6 heteroatoms. The minimum absolute atomic E-state index is 0.190. The second kappa shape index (κ2) is 5.85. The second-order valence-electron chi connectivity index (χ2n) is 8.16. The van der Waals surface area contributed by atoms with Crippen LogP contribution in [0.5, 0.6) is 5.75 Å². The fraction of sp³-hybridized carbons (Fsp3) is 0.600. The lowest BCUT2D eigenvalue weighted by Crippen LogP contribution is -2.51. The summed E-state index contributed by atoms with van der Waals surface area (Å²) in [6.07, 6.45) is 4.73. The molecule has 0 heterocycles. The van der Waals surface area contributed by atoms with Gasteiger partial charge in [0, 0.05) is 23.7 Å². The maximum absolute atomic E-state index is 12.5. The molecule has 26 heavy (non-hydrogen) atoms. The van der Waals surface area contributed by atoms with Gasteiger partial charge in [0.05, 0.1) is 5.54 Å². The number of hydrogen-bond donors (Lipinski definition) is 0. The van der Waals surface area contributed by atoms with Crippen LogP contribution in [0, 0.1) is 17.3 Å². The van der Waals surface area contributed by atoms with E-state index in [1.54, 1.807) is 6.07 Å². The summed E-state index contributed by atoms with van der Waals surface area (Å²) in [5, 5.41) is 4.35. The predicted octanol–water partition coefficient (Wildman–Crippen LogP) is 4.46. The van der Waals surface area contributed by atoms with Crippen molar-refractivity contribution in [3.8, 4) is 5.75 Å². The van der Waals surface area contributed by atoms with Crippen molar-refractivity contribution in [1.82, 2.24) is 0 Å². The van der Waals surface area contributed by atoms with E-state index in [2.05, 4.69) is 16.9 Å². The van der Waals surface area contributed by atoms with E-state index in [-0.39, 0.29) is 23.2 Å². The third-order valence-corrected chi connectivity index (χ3v) is 7.01. The summed E-state index contributed by atoms with van der Waals surface area (Å²) in [4.78, 5) is 27.0. The molecule has 1 aromatic rings. The van der Waals surface area contributed by atoms with Gasteiger partial charge in [0.25, 0.3) is 0 Å². The van der Waals surface area contributed by atoms with Crippen molar-refractivity contribution < 1.29 is 14.3 Å². The van der Waals surface area contributed by atoms with Crippen LogP contribution < -0.4 is 4.74 Å². The largest absolute Gasteiger partial charge is 0.427 e. The van der Waals surface area contributed by atoms with Crippen LogP contribution in [0.15, 0.2) is 23.3 Å². The molecule has 2 saturated carbocycles. The summed E-state index contributed by atoms with van der Waals surface area (Å²) in [5.74, 6) is 1.02. The molecule has 4 atom stereocenters. The van der Waals surface area contributed by atoms with Gasteiger partial charge in [-0.05, 0) is 72.7 Å². The van der Waals surface area contributed by atoms with Gasteiger partial charge in [0.1, 0.15) is 11.5 Å². The number of ether oxygens (including phenoxy) is 1. The Labute approximate surface area is 152 Å². The second-order valence-corrected chi connectivity index (χ2v) is 8.16. The summed E-state index contributed by atoms with van der Waals surface area (Å²) < 4.78 is 5.22. The van der Waals surface area contributed by atoms with Gasteiger partial charge in [-0.25, -0.2) is 0 Å². The zero-order valence-corrected chi connectivity index (χ0v) is 15.2. The summed E-state index contributed by atoms with van der Waals surface area (Å²) in [5.41, 5.74) is 10.6. The van der Waals surface area contributed by atoms with Gasteiger partial charge in [-0.3, -0.25) is 9.59 Å². The molecule has 3 aliphatic rings. The highest BCUT2D eigenvalue weighted by molar-refractivity contribution is 5.87. The molecule has 4 rings (SSSR count).